The minimum Gasteiger partial charge on any atom is -0.545 e. The second kappa shape index (κ2) is 11.0. The van der Waals surface area contributed by atoms with Crippen molar-refractivity contribution in [2.45, 2.75) is 57.6 Å². The summed E-state index contributed by atoms with van der Waals surface area (Å²) < 4.78 is 136. The molecule has 2 aromatic carbocycles. The van der Waals surface area contributed by atoms with Gasteiger partial charge in [0.1, 0.15) is 18.5 Å². The zero-order valence-corrected chi connectivity index (χ0v) is 23.9. The summed E-state index contributed by atoms with van der Waals surface area (Å²) in [4.78, 5) is 56.1. The largest absolute Gasteiger partial charge is 0.545 e. The molecule has 3 saturated heterocycles. The quantitative estimate of drug-likeness (QED) is 0.370. The molecule has 9 heteroatoms. The number of aromatic carboxylic acids is 1. The Bertz CT molecular complexity index is 2450. The number of hydroxylamine groups is 2. The van der Waals surface area contributed by atoms with Crippen molar-refractivity contribution in [3.05, 3.63) is 93.6 Å². The van der Waals surface area contributed by atoms with Crippen LogP contribution in [-0.4, -0.2) is 65.1 Å². The Kier molecular flexibility index (Phi) is 3.90. The van der Waals surface area contributed by atoms with Gasteiger partial charge >= 0.3 is 5.97 Å². The number of carboxylic acid groups (broad SMARTS) is 1. The third-order valence-corrected chi connectivity index (χ3v) is 8.13. The molecule has 230 valence electrons. The van der Waals surface area contributed by atoms with Crippen LogP contribution in [-0.2, 0) is 19.8 Å². The van der Waals surface area contributed by atoms with Gasteiger partial charge < -0.3 is 19.6 Å². The lowest BCUT2D eigenvalue weighted by Crippen LogP contribution is -2.33. The highest BCUT2D eigenvalue weighted by Gasteiger charge is 2.40. The Morgan fingerprint density at radius 1 is 0.933 bits per heavy atom. The molecular formula is C36H35N3O6. The summed E-state index contributed by atoms with van der Waals surface area (Å²) >= 11 is 0. The van der Waals surface area contributed by atoms with Gasteiger partial charge in [0.15, 0.2) is 5.71 Å². The fraction of sp³-hybridized carbons (Fsp3) is 0.361. The van der Waals surface area contributed by atoms with E-state index in [9.17, 15) is 24.3 Å². The van der Waals surface area contributed by atoms with Crippen LogP contribution >= 0.6 is 0 Å². The fourth-order valence-corrected chi connectivity index (χ4v) is 5.89. The highest BCUT2D eigenvalue weighted by molar-refractivity contribution is 6.09. The lowest BCUT2D eigenvalue weighted by atomic mass is 9.64. The van der Waals surface area contributed by atoms with Gasteiger partial charge in [-0.15, -0.1) is 5.06 Å². The van der Waals surface area contributed by atoms with Crippen LogP contribution in [0.25, 0.3) is 5.57 Å². The smallest absolute Gasteiger partial charge is 0.363 e. The van der Waals surface area contributed by atoms with Crippen molar-refractivity contribution in [2.75, 3.05) is 30.9 Å². The topological polar surface area (TPSA) is 110 Å². The first-order valence-corrected chi connectivity index (χ1v) is 13.9. The van der Waals surface area contributed by atoms with Crippen molar-refractivity contribution in [2.24, 2.45) is 0 Å². The molecule has 0 radical (unpaired) electrons. The number of nitrogens with zero attached hydrogens (tertiary/aromatic N) is 3. The number of carbonyl (C=O) groups is 4. The SMILES string of the molecule is [2H]C1([2H])N(c2ccc3c(c2)C(C)(C)C2=CC(=[N+]4C([2H])([2H])C([2H])([2H])C([2H])([2H])C4([2H])[2H])C=CC2=C3c2cc(C(=O)ON3C(=O)CCC3=O)ccc2C(=O)[O-])C([2H])([2H])C([2H])([2H])C1([2H])[2H]. The Hall–Kier alpha value is -4.79. The second-order valence-corrected chi connectivity index (χ2v) is 11.1. The van der Waals surface area contributed by atoms with Crippen LogP contribution in [0.3, 0.4) is 0 Å². The van der Waals surface area contributed by atoms with Crippen LogP contribution in [0, 0.1) is 0 Å². The monoisotopic (exact) mass is 621 g/mol. The molecule has 2 aliphatic carbocycles. The molecule has 0 N–H and O–H groups in total. The van der Waals surface area contributed by atoms with Crippen molar-refractivity contribution < 1.29 is 55.6 Å². The van der Waals surface area contributed by atoms with Crippen LogP contribution in [0.5, 0.6) is 0 Å². The van der Waals surface area contributed by atoms with Gasteiger partial charge in [-0.05, 0) is 76.5 Å². The molecule has 3 heterocycles. The number of imide groups is 1. The van der Waals surface area contributed by atoms with E-state index in [1.807, 2.05) is 0 Å². The first-order valence-electron chi connectivity index (χ1n) is 21.9. The minimum absolute atomic E-state index is 0.0270. The average Bonchev–Trinajstić information content (AvgIpc) is 3.51. The molecule has 45 heavy (non-hydrogen) atoms. The van der Waals surface area contributed by atoms with E-state index in [-0.39, 0.29) is 68.3 Å². The Morgan fingerprint density at radius 2 is 1.64 bits per heavy atom. The summed E-state index contributed by atoms with van der Waals surface area (Å²) in [5.74, 6) is -4.62. The van der Waals surface area contributed by atoms with Crippen LogP contribution in [0.2, 0.25) is 0 Å². The molecule has 5 aliphatic rings. The molecule has 7 rings (SSSR count). The zero-order chi connectivity index (χ0) is 45.8. The Labute approximate surface area is 284 Å². The first kappa shape index (κ1) is 16.0. The molecule has 0 saturated carbocycles. The molecule has 0 spiro atoms. The Balaban J connectivity index is 1.54. The predicted molar refractivity (Wildman–Crippen MR) is 166 cm³/mol. The highest BCUT2D eigenvalue weighted by atomic mass is 16.7. The number of carboxylic acids is 1. The van der Waals surface area contributed by atoms with Crippen molar-refractivity contribution in [1.29, 1.82) is 0 Å². The third-order valence-electron chi connectivity index (χ3n) is 8.13. The standard InChI is InChI=1S/C36H35N3O6/c1-36(2)29-20-23(37-15-3-4-16-37)8-11-26(29)33(27-12-9-24(21-30(27)36)38-17-5-6-18-38)28-19-22(7-10-25(28)34(42)43)35(44)45-39-31(40)13-14-32(39)41/h7-12,19-21H,3-6,13-18H2,1-2H3/i3D2,4D2,5D2,6D2,15D2,16D2,17D2,18D2. The molecule has 2 aromatic rings. The predicted octanol–water partition coefficient (Wildman–Crippen LogP) is 3.71. The second-order valence-electron chi connectivity index (χ2n) is 11.1. The summed E-state index contributed by atoms with van der Waals surface area (Å²) in [5.41, 5.74) is -2.90. The lowest BCUT2D eigenvalue weighted by Gasteiger charge is -2.40. The van der Waals surface area contributed by atoms with Gasteiger partial charge in [0.05, 0.1) is 11.5 Å². The number of rotatable bonds is 5. The van der Waals surface area contributed by atoms with E-state index < -0.39 is 86.2 Å². The van der Waals surface area contributed by atoms with Gasteiger partial charge in [0.2, 0.25) is 0 Å². The molecule has 0 unspecified atom stereocenters. The fourth-order valence-electron chi connectivity index (χ4n) is 5.89. The van der Waals surface area contributed by atoms with E-state index in [4.69, 9.17) is 26.8 Å². The summed E-state index contributed by atoms with van der Waals surface area (Å²) in [6.45, 7) is -10.2. The minimum atomic E-state index is -3.43. The van der Waals surface area contributed by atoms with Crippen molar-refractivity contribution in [1.82, 2.24) is 5.06 Å². The first-order chi connectivity index (χ1) is 27.7. The molecule has 0 aromatic heterocycles. The molecule has 9 nitrogen and oxygen atoms in total. The number of carbonyl (C=O) groups excluding carboxylic acids is 4. The summed E-state index contributed by atoms with van der Waals surface area (Å²) in [5, 5.41) is 13.1. The molecule has 0 atom stereocenters. The molecule has 3 aliphatic heterocycles. The normalized spacial score (nSPS) is 34.8. The number of hydrogen-bond acceptors (Lipinski definition) is 7. The van der Waals surface area contributed by atoms with E-state index >= 15 is 0 Å². The van der Waals surface area contributed by atoms with Gasteiger partial charge in [-0.1, -0.05) is 26.0 Å². The van der Waals surface area contributed by atoms with Crippen molar-refractivity contribution in [3.63, 3.8) is 0 Å². The molecular weight excluding hydrogens is 570 g/mol. The maximum absolute atomic E-state index is 13.4. The van der Waals surface area contributed by atoms with E-state index in [2.05, 4.69) is 0 Å². The summed E-state index contributed by atoms with van der Waals surface area (Å²) in [6, 6.07) is 6.75. The van der Waals surface area contributed by atoms with E-state index in [0.29, 0.717) is 9.48 Å². The van der Waals surface area contributed by atoms with Crippen LogP contribution in [0.15, 0.2) is 65.8 Å². The van der Waals surface area contributed by atoms with Crippen LogP contribution < -0.4 is 10.0 Å². The summed E-state index contributed by atoms with van der Waals surface area (Å²) in [7, 11) is 0. The van der Waals surface area contributed by atoms with Crippen molar-refractivity contribution in [3.8, 4) is 0 Å². The lowest BCUT2D eigenvalue weighted by molar-refractivity contribution is -0.504. The highest BCUT2D eigenvalue weighted by Crippen LogP contribution is 2.51. The van der Waals surface area contributed by atoms with E-state index in [0.717, 1.165) is 30.3 Å². The van der Waals surface area contributed by atoms with E-state index in [1.54, 1.807) is 13.8 Å². The van der Waals surface area contributed by atoms with Gasteiger partial charge in [-0.3, -0.25) is 9.59 Å². The van der Waals surface area contributed by atoms with Gasteiger partial charge in [-0.2, -0.15) is 0 Å². The number of amides is 2. The maximum Gasteiger partial charge on any atom is 0.363 e. The van der Waals surface area contributed by atoms with Crippen molar-refractivity contribution >= 4 is 40.7 Å². The maximum atomic E-state index is 13.4. The average molecular weight is 622 g/mol. The molecule has 2 amide bonds. The number of allylic oxidation sites excluding steroid dienone is 5. The molecule has 0 bridgehead atoms. The number of hydrogen-bond donors (Lipinski definition) is 0. The number of anilines is 1. The third kappa shape index (κ3) is 4.90. The van der Waals surface area contributed by atoms with Gasteiger partial charge in [0.25, 0.3) is 11.8 Å². The van der Waals surface area contributed by atoms with Gasteiger partial charge in [-0.25, -0.2) is 9.37 Å². The van der Waals surface area contributed by atoms with Crippen LogP contribution in [0.4, 0.5) is 5.69 Å². The van der Waals surface area contributed by atoms with E-state index in [1.165, 1.54) is 24.3 Å². The summed E-state index contributed by atoms with van der Waals surface area (Å²) in [6.07, 6.45) is -10.5. The number of fused-ring (bicyclic) bond motifs is 2. The Morgan fingerprint density at radius 3 is 2.33 bits per heavy atom. The number of benzene rings is 2. The zero-order valence-electron chi connectivity index (χ0n) is 39.9. The molecule has 3 fully saturated rings. The van der Waals surface area contributed by atoms with Gasteiger partial charge in [0, 0.05) is 83.8 Å². The van der Waals surface area contributed by atoms with Crippen LogP contribution in [0.1, 0.15) is 112 Å².